The summed E-state index contributed by atoms with van der Waals surface area (Å²) in [6.07, 6.45) is 1.08. The minimum absolute atomic E-state index is 0.253. The zero-order chi connectivity index (χ0) is 18.5. The zero-order valence-electron chi connectivity index (χ0n) is 14.0. The maximum Gasteiger partial charge on any atom is 0.249 e. The molecule has 1 aromatic carbocycles. The summed E-state index contributed by atoms with van der Waals surface area (Å²) >= 11 is 1.45. The molecule has 0 saturated carbocycles. The van der Waals surface area contributed by atoms with Crippen molar-refractivity contribution in [1.82, 2.24) is 19.7 Å². The van der Waals surface area contributed by atoms with E-state index >= 15 is 0 Å². The van der Waals surface area contributed by atoms with Crippen LogP contribution in [-0.4, -0.2) is 34.4 Å². The van der Waals surface area contributed by atoms with Crippen LogP contribution < -0.4 is 5.73 Å². The third-order valence-corrected chi connectivity index (χ3v) is 5.60. The highest BCUT2D eigenvalue weighted by Crippen LogP contribution is 2.34. The number of sulfone groups is 1. The minimum Gasteiger partial charge on any atom is -0.383 e. The van der Waals surface area contributed by atoms with Gasteiger partial charge in [-0.2, -0.15) is 4.98 Å². The van der Waals surface area contributed by atoms with Crippen LogP contribution in [0.2, 0.25) is 0 Å². The Hall–Kier alpha value is -2.78. The Kier molecular flexibility index (Phi) is 3.78. The molecule has 0 spiro atoms. The van der Waals surface area contributed by atoms with Crippen LogP contribution in [0, 0.1) is 6.92 Å². The summed E-state index contributed by atoms with van der Waals surface area (Å²) in [6, 6.07) is 11.4. The van der Waals surface area contributed by atoms with Gasteiger partial charge in [-0.25, -0.2) is 18.1 Å². The Morgan fingerprint density at radius 3 is 2.62 bits per heavy atom. The number of benzene rings is 1. The van der Waals surface area contributed by atoms with Gasteiger partial charge in [0.2, 0.25) is 15.0 Å². The lowest BCUT2D eigenvalue weighted by Crippen LogP contribution is -2.05. The summed E-state index contributed by atoms with van der Waals surface area (Å²) in [7, 11) is -3.59. The van der Waals surface area contributed by atoms with Gasteiger partial charge in [0.05, 0.1) is 21.6 Å². The first-order valence-corrected chi connectivity index (χ1v) is 10.5. The molecule has 0 radical (unpaired) electrons. The molecule has 7 nitrogen and oxygen atoms in total. The second kappa shape index (κ2) is 5.89. The Balaban J connectivity index is 2.08. The fourth-order valence-corrected chi connectivity index (χ4v) is 3.94. The van der Waals surface area contributed by atoms with Gasteiger partial charge < -0.3 is 5.73 Å². The second-order valence-corrected chi connectivity index (χ2v) is 8.80. The fraction of sp³-hybridized carbons (Fsp3) is 0.118. The Morgan fingerprint density at radius 2 is 1.96 bits per heavy atom. The molecule has 4 rings (SSSR count). The van der Waals surface area contributed by atoms with E-state index in [0.29, 0.717) is 16.9 Å². The van der Waals surface area contributed by atoms with Crippen molar-refractivity contribution in [3.05, 3.63) is 47.3 Å². The Morgan fingerprint density at radius 1 is 1.15 bits per heavy atom. The molecule has 132 valence electrons. The molecule has 9 heteroatoms. The molecule has 2 N–H and O–H groups in total. The summed E-state index contributed by atoms with van der Waals surface area (Å²) in [6.45, 7) is 1.97. The maximum atomic E-state index is 12.0. The number of nitrogens with two attached hydrogens (primary N) is 1. The lowest BCUT2D eigenvalue weighted by molar-refractivity contribution is 0.594. The largest absolute Gasteiger partial charge is 0.383 e. The van der Waals surface area contributed by atoms with Crippen molar-refractivity contribution in [3.8, 4) is 16.3 Å². The van der Waals surface area contributed by atoms with Gasteiger partial charge in [0, 0.05) is 6.26 Å². The van der Waals surface area contributed by atoms with E-state index in [1.165, 1.54) is 11.3 Å². The zero-order valence-corrected chi connectivity index (χ0v) is 15.7. The number of rotatable bonds is 3. The van der Waals surface area contributed by atoms with E-state index < -0.39 is 9.84 Å². The normalized spacial score (nSPS) is 11.9. The summed E-state index contributed by atoms with van der Waals surface area (Å²) < 4.78 is 25.6. The molecule has 26 heavy (non-hydrogen) atoms. The molecule has 0 fully saturated rings. The number of aromatic nitrogens is 4. The van der Waals surface area contributed by atoms with Crippen LogP contribution in [0.25, 0.3) is 27.3 Å². The van der Waals surface area contributed by atoms with Crippen LogP contribution in [0.4, 0.5) is 5.82 Å². The first-order valence-electron chi connectivity index (χ1n) is 7.72. The van der Waals surface area contributed by atoms with Crippen LogP contribution in [0.15, 0.2) is 46.9 Å². The number of hydrogen-bond acceptors (Lipinski definition) is 7. The lowest BCUT2D eigenvalue weighted by Gasteiger charge is -2.05. The second-order valence-electron chi connectivity index (χ2n) is 5.94. The van der Waals surface area contributed by atoms with Crippen molar-refractivity contribution in [2.24, 2.45) is 0 Å². The van der Waals surface area contributed by atoms with Crippen molar-refractivity contribution in [1.29, 1.82) is 0 Å². The van der Waals surface area contributed by atoms with Crippen LogP contribution in [0.5, 0.6) is 0 Å². The van der Waals surface area contributed by atoms with E-state index in [2.05, 4.69) is 15.1 Å². The van der Waals surface area contributed by atoms with Crippen molar-refractivity contribution >= 4 is 38.0 Å². The van der Waals surface area contributed by atoms with Crippen molar-refractivity contribution in [2.75, 3.05) is 12.0 Å². The minimum atomic E-state index is -3.59. The molecule has 0 atom stereocenters. The number of nitrogens with zero attached hydrogens (tertiary/aromatic N) is 4. The molecule has 0 aliphatic heterocycles. The number of aryl methyl sites for hydroxylation is 1. The highest BCUT2D eigenvalue weighted by atomic mass is 32.2. The van der Waals surface area contributed by atoms with Crippen LogP contribution in [0.1, 0.15) is 5.56 Å². The number of anilines is 1. The first-order chi connectivity index (χ1) is 12.3. The van der Waals surface area contributed by atoms with E-state index in [1.807, 2.05) is 48.7 Å². The average Bonchev–Trinajstić information content (AvgIpc) is 3.22. The van der Waals surface area contributed by atoms with Crippen molar-refractivity contribution in [2.45, 2.75) is 12.1 Å². The molecule has 0 aliphatic carbocycles. The van der Waals surface area contributed by atoms with Crippen LogP contribution in [-0.2, 0) is 9.84 Å². The van der Waals surface area contributed by atoms with Gasteiger partial charge in [-0.3, -0.25) is 0 Å². The van der Waals surface area contributed by atoms with Gasteiger partial charge in [0.15, 0.2) is 5.65 Å². The molecule has 4 aromatic rings. The maximum absolute atomic E-state index is 12.0. The number of hydrogen-bond donors (Lipinski definition) is 1. The van der Waals surface area contributed by atoms with Crippen molar-refractivity contribution in [3.63, 3.8) is 0 Å². The van der Waals surface area contributed by atoms with Gasteiger partial charge in [-0.05, 0) is 36.1 Å². The van der Waals surface area contributed by atoms with E-state index in [0.717, 1.165) is 22.4 Å². The molecule has 0 saturated heterocycles. The van der Waals surface area contributed by atoms with E-state index in [4.69, 9.17) is 5.73 Å². The predicted molar refractivity (Wildman–Crippen MR) is 102 cm³/mol. The lowest BCUT2D eigenvalue weighted by atomic mass is 10.2. The molecule has 0 unspecified atom stereocenters. The summed E-state index contributed by atoms with van der Waals surface area (Å²) in [5, 5.41) is 6.62. The molecular weight excluding hydrogens is 370 g/mol. The van der Waals surface area contributed by atoms with Gasteiger partial charge in [-0.1, -0.05) is 18.2 Å². The molecule has 0 bridgehead atoms. The van der Waals surface area contributed by atoms with Crippen molar-refractivity contribution < 1.29 is 8.42 Å². The highest BCUT2D eigenvalue weighted by molar-refractivity contribution is 7.90. The van der Waals surface area contributed by atoms with E-state index in [1.54, 1.807) is 4.68 Å². The summed E-state index contributed by atoms with van der Waals surface area (Å²) in [4.78, 5) is 9.22. The molecule has 3 aromatic heterocycles. The number of fused-ring (bicyclic) bond motifs is 1. The standard InChI is InChI=1S/C17H15N5O2S2/c1-10-5-3-6-11(9-10)22-15(18)13-14(12-7-4-8-25-12)19-17(26(2,23)24)20-16(13)21-22/h3-9H,18H2,1-2H3. The van der Waals surface area contributed by atoms with Gasteiger partial charge in [0.25, 0.3) is 0 Å². The van der Waals surface area contributed by atoms with Crippen LogP contribution in [0.3, 0.4) is 0 Å². The summed E-state index contributed by atoms with van der Waals surface area (Å²) in [5.41, 5.74) is 8.92. The Bertz CT molecular complexity index is 1230. The van der Waals surface area contributed by atoms with E-state index in [9.17, 15) is 8.42 Å². The van der Waals surface area contributed by atoms with Gasteiger partial charge in [-0.15, -0.1) is 16.4 Å². The topological polar surface area (TPSA) is 104 Å². The SMILES string of the molecule is Cc1cccc(-n2nc3nc(S(C)(=O)=O)nc(-c4cccs4)c3c2N)c1. The third-order valence-electron chi connectivity index (χ3n) is 3.88. The monoisotopic (exact) mass is 385 g/mol. The number of nitrogen functional groups attached to an aromatic ring is 1. The third kappa shape index (κ3) is 2.74. The quantitative estimate of drug-likeness (QED) is 0.544. The van der Waals surface area contributed by atoms with E-state index in [-0.39, 0.29) is 10.8 Å². The van der Waals surface area contributed by atoms with Gasteiger partial charge >= 0.3 is 0 Å². The molecule has 0 amide bonds. The fourth-order valence-electron chi connectivity index (χ4n) is 2.71. The predicted octanol–water partition coefficient (Wildman–Crippen LogP) is 2.84. The highest BCUT2D eigenvalue weighted by Gasteiger charge is 2.22. The molecular formula is C17H15N5O2S2. The number of thiophene rings is 1. The summed E-state index contributed by atoms with van der Waals surface area (Å²) in [5.74, 6) is 0.369. The Labute approximate surface area is 154 Å². The smallest absolute Gasteiger partial charge is 0.249 e. The average molecular weight is 385 g/mol. The first kappa shape index (κ1) is 16.7. The molecule has 0 aliphatic rings. The van der Waals surface area contributed by atoms with Crippen LogP contribution >= 0.6 is 11.3 Å². The van der Waals surface area contributed by atoms with Gasteiger partial charge in [0.1, 0.15) is 5.82 Å². The molecule has 3 heterocycles.